The SMILES string of the molecule is CC(O)C1CCN(C(=O)c2cccc(O)c2)CC1. The molecule has 0 aliphatic carbocycles. The van der Waals surface area contributed by atoms with Gasteiger partial charge in [-0.3, -0.25) is 4.79 Å². The summed E-state index contributed by atoms with van der Waals surface area (Å²) < 4.78 is 0. The number of carbonyl (C=O) groups excluding carboxylic acids is 1. The van der Waals surface area contributed by atoms with E-state index in [2.05, 4.69) is 0 Å². The number of carbonyl (C=O) groups is 1. The second-order valence-corrected chi connectivity index (χ2v) is 4.92. The minimum Gasteiger partial charge on any atom is -0.508 e. The van der Waals surface area contributed by atoms with Gasteiger partial charge in [-0.05, 0) is 43.9 Å². The third-order valence-corrected chi connectivity index (χ3v) is 3.60. The van der Waals surface area contributed by atoms with Crippen LogP contribution in [0.5, 0.6) is 5.75 Å². The molecule has 18 heavy (non-hydrogen) atoms. The van der Waals surface area contributed by atoms with Crippen molar-refractivity contribution in [3.05, 3.63) is 29.8 Å². The maximum absolute atomic E-state index is 12.2. The van der Waals surface area contributed by atoms with E-state index in [1.807, 2.05) is 0 Å². The van der Waals surface area contributed by atoms with Gasteiger partial charge in [-0.15, -0.1) is 0 Å². The number of rotatable bonds is 2. The summed E-state index contributed by atoms with van der Waals surface area (Å²) in [7, 11) is 0. The molecular weight excluding hydrogens is 230 g/mol. The fourth-order valence-corrected chi connectivity index (χ4v) is 2.41. The summed E-state index contributed by atoms with van der Waals surface area (Å²) >= 11 is 0. The Morgan fingerprint density at radius 2 is 2.06 bits per heavy atom. The topological polar surface area (TPSA) is 60.8 Å². The van der Waals surface area contributed by atoms with E-state index < -0.39 is 0 Å². The molecule has 98 valence electrons. The van der Waals surface area contributed by atoms with Crippen LogP contribution in [0.3, 0.4) is 0 Å². The summed E-state index contributed by atoms with van der Waals surface area (Å²) in [5.41, 5.74) is 0.519. The number of aromatic hydroxyl groups is 1. The number of piperidine rings is 1. The molecule has 0 spiro atoms. The second kappa shape index (κ2) is 5.40. The summed E-state index contributed by atoms with van der Waals surface area (Å²) in [6, 6.07) is 6.42. The molecule has 1 atom stereocenters. The van der Waals surface area contributed by atoms with Crippen LogP contribution in [-0.4, -0.2) is 40.2 Å². The number of aliphatic hydroxyl groups is 1. The smallest absolute Gasteiger partial charge is 0.253 e. The summed E-state index contributed by atoms with van der Waals surface area (Å²) in [5.74, 6) is 0.355. The van der Waals surface area contributed by atoms with Gasteiger partial charge in [0.05, 0.1) is 6.10 Å². The third kappa shape index (κ3) is 2.82. The Morgan fingerprint density at radius 3 is 2.61 bits per heavy atom. The van der Waals surface area contributed by atoms with Crippen LogP contribution in [0.15, 0.2) is 24.3 Å². The fraction of sp³-hybridized carbons (Fsp3) is 0.500. The van der Waals surface area contributed by atoms with Gasteiger partial charge in [-0.1, -0.05) is 6.07 Å². The molecule has 1 heterocycles. The van der Waals surface area contributed by atoms with Crippen LogP contribution in [0.2, 0.25) is 0 Å². The number of likely N-dealkylation sites (tertiary alicyclic amines) is 1. The van der Waals surface area contributed by atoms with Gasteiger partial charge in [0.1, 0.15) is 5.75 Å². The molecule has 0 saturated carbocycles. The zero-order valence-corrected chi connectivity index (χ0v) is 10.5. The highest BCUT2D eigenvalue weighted by atomic mass is 16.3. The normalized spacial score (nSPS) is 18.7. The van der Waals surface area contributed by atoms with Gasteiger partial charge in [0.25, 0.3) is 5.91 Å². The molecule has 0 bridgehead atoms. The lowest BCUT2D eigenvalue weighted by Gasteiger charge is -2.33. The van der Waals surface area contributed by atoms with Crippen LogP contribution >= 0.6 is 0 Å². The largest absolute Gasteiger partial charge is 0.508 e. The predicted octanol–water partition coefficient (Wildman–Crippen LogP) is 1.63. The zero-order valence-electron chi connectivity index (χ0n) is 10.5. The predicted molar refractivity (Wildman–Crippen MR) is 68.4 cm³/mol. The first-order valence-electron chi connectivity index (χ1n) is 6.34. The Bertz CT molecular complexity index is 423. The van der Waals surface area contributed by atoms with Gasteiger partial charge in [0, 0.05) is 18.7 Å². The van der Waals surface area contributed by atoms with Gasteiger partial charge < -0.3 is 15.1 Å². The number of amides is 1. The number of hydrogen-bond acceptors (Lipinski definition) is 3. The van der Waals surface area contributed by atoms with Crippen molar-refractivity contribution in [2.45, 2.75) is 25.9 Å². The van der Waals surface area contributed by atoms with Crippen LogP contribution in [-0.2, 0) is 0 Å². The number of phenols is 1. The molecule has 0 aromatic heterocycles. The Morgan fingerprint density at radius 1 is 1.39 bits per heavy atom. The molecule has 1 aliphatic rings. The molecule has 1 unspecified atom stereocenters. The number of hydrogen-bond donors (Lipinski definition) is 2. The Labute approximate surface area is 107 Å². The van der Waals surface area contributed by atoms with E-state index in [1.54, 1.807) is 30.0 Å². The van der Waals surface area contributed by atoms with E-state index in [9.17, 15) is 15.0 Å². The molecule has 1 amide bonds. The van der Waals surface area contributed by atoms with E-state index in [4.69, 9.17) is 0 Å². The molecule has 1 fully saturated rings. The molecule has 2 rings (SSSR count). The van der Waals surface area contributed by atoms with E-state index in [0.29, 0.717) is 24.6 Å². The van der Waals surface area contributed by atoms with Crippen LogP contribution in [0, 0.1) is 5.92 Å². The number of phenolic OH excluding ortho intramolecular Hbond substituents is 1. The first-order valence-corrected chi connectivity index (χ1v) is 6.34. The molecule has 4 nitrogen and oxygen atoms in total. The number of benzene rings is 1. The third-order valence-electron chi connectivity index (χ3n) is 3.60. The van der Waals surface area contributed by atoms with Gasteiger partial charge in [-0.2, -0.15) is 0 Å². The van der Waals surface area contributed by atoms with E-state index in [0.717, 1.165) is 12.8 Å². The van der Waals surface area contributed by atoms with Crippen LogP contribution in [0.25, 0.3) is 0 Å². The first-order chi connectivity index (χ1) is 8.58. The standard InChI is InChI=1S/C14H19NO3/c1-10(16)11-5-7-15(8-6-11)14(18)12-3-2-4-13(17)9-12/h2-4,9-11,16-17H,5-8H2,1H3. The van der Waals surface area contributed by atoms with E-state index >= 15 is 0 Å². The highest BCUT2D eigenvalue weighted by Gasteiger charge is 2.25. The van der Waals surface area contributed by atoms with Gasteiger partial charge in [-0.25, -0.2) is 0 Å². The Hall–Kier alpha value is -1.55. The monoisotopic (exact) mass is 249 g/mol. The summed E-state index contributed by atoms with van der Waals surface area (Å²) in [5, 5.41) is 18.9. The lowest BCUT2D eigenvalue weighted by molar-refractivity contribution is 0.0521. The minimum atomic E-state index is -0.303. The van der Waals surface area contributed by atoms with Gasteiger partial charge in [0.2, 0.25) is 0 Å². The average Bonchev–Trinajstić information content (AvgIpc) is 2.38. The molecule has 4 heteroatoms. The molecule has 1 aromatic rings. The van der Waals surface area contributed by atoms with Crippen LogP contribution < -0.4 is 0 Å². The zero-order chi connectivity index (χ0) is 13.1. The fourth-order valence-electron chi connectivity index (χ4n) is 2.41. The van der Waals surface area contributed by atoms with Crippen molar-refractivity contribution in [1.29, 1.82) is 0 Å². The first kappa shape index (κ1) is 12.9. The highest BCUT2D eigenvalue weighted by molar-refractivity contribution is 5.94. The highest BCUT2D eigenvalue weighted by Crippen LogP contribution is 2.22. The molecular formula is C14H19NO3. The minimum absolute atomic E-state index is 0.0463. The van der Waals surface area contributed by atoms with Gasteiger partial charge in [0.15, 0.2) is 0 Å². The van der Waals surface area contributed by atoms with Crippen molar-refractivity contribution < 1.29 is 15.0 Å². The quantitative estimate of drug-likeness (QED) is 0.837. The van der Waals surface area contributed by atoms with Crippen molar-refractivity contribution in [1.82, 2.24) is 4.90 Å². The van der Waals surface area contributed by atoms with Crippen LogP contribution in [0.1, 0.15) is 30.1 Å². The van der Waals surface area contributed by atoms with Crippen molar-refractivity contribution >= 4 is 5.91 Å². The average molecular weight is 249 g/mol. The molecule has 1 aliphatic heterocycles. The maximum Gasteiger partial charge on any atom is 0.253 e. The van der Waals surface area contributed by atoms with E-state index in [1.165, 1.54) is 6.07 Å². The lowest BCUT2D eigenvalue weighted by atomic mass is 9.92. The van der Waals surface area contributed by atoms with Crippen molar-refractivity contribution in [3.63, 3.8) is 0 Å². The van der Waals surface area contributed by atoms with Crippen molar-refractivity contribution in [2.75, 3.05) is 13.1 Å². The molecule has 1 saturated heterocycles. The Balaban J connectivity index is 1.99. The van der Waals surface area contributed by atoms with Crippen LogP contribution in [0.4, 0.5) is 0 Å². The number of nitrogens with zero attached hydrogens (tertiary/aromatic N) is 1. The Kier molecular flexibility index (Phi) is 3.87. The summed E-state index contributed by atoms with van der Waals surface area (Å²) in [4.78, 5) is 14.0. The lowest BCUT2D eigenvalue weighted by Crippen LogP contribution is -2.40. The van der Waals surface area contributed by atoms with E-state index in [-0.39, 0.29) is 17.8 Å². The van der Waals surface area contributed by atoms with Gasteiger partial charge >= 0.3 is 0 Å². The maximum atomic E-state index is 12.2. The number of aliphatic hydroxyl groups excluding tert-OH is 1. The summed E-state index contributed by atoms with van der Waals surface area (Å²) in [6.45, 7) is 3.14. The molecule has 2 N–H and O–H groups in total. The van der Waals surface area contributed by atoms with Crippen molar-refractivity contribution in [3.8, 4) is 5.75 Å². The second-order valence-electron chi connectivity index (χ2n) is 4.92. The van der Waals surface area contributed by atoms with Crippen molar-refractivity contribution in [2.24, 2.45) is 5.92 Å². The molecule has 1 aromatic carbocycles. The molecule has 0 radical (unpaired) electrons. The summed E-state index contributed by atoms with van der Waals surface area (Å²) in [6.07, 6.45) is 1.37.